The van der Waals surface area contributed by atoms with Crippen LogP contribution in [0.4, 0.5) is 18.0 Å². The van der Waals surface area contributed by atoms with Crippen molar-refractivity contribution in [2.45, 2.75) is 44.5 Å². The van der Waals surface area contributed by atoms with E-state index in [0.29, 0.717) is 0 Å². The highest BCUT2D eigenvalue weighted by Crippen LogP contribution is 2.35. The van der Waals surface area contributed by atoms with Gasteiger partial charge in [-0.1, -0.05) is 0 Å². The van der Waals surface area contributed by atoms with E-state index in [4.69, 9.17) is 10.5 Å². The fraction of sp³-hybridized carbons (Fsp3) is 0.900. The van der Waals surface area contributed by atoms with Gasteiger partial charge in [-0.2, -0.15) is 13.2 Å². The summed E-state index contributed by atoms with van der Waals surface area (Å²) in [5.74, 6) is 0. The van der Waals surface area contributed by atoms with Gasteiger partial charge in [0.15, 0.2) is 0 Å². The zero-order valence-corrected chi connectivity index (χ0v) is 10.1. The van der Waals surface area contributed by atoms with Crippen LogP contribution in [0.25, 0.3) is 0 Å². The molecule has 0 saturated carbocycles. The summed E-state index contributed by atoms with van der Waals surface area (Å²) in [4.78, 5) is 12.6. The predicted molar refractivity (Wildman–Crippen MR) is 55.4 cm³/mol. The van der Waals surface area contributed by atoms with Gasteiger partial charge in [-0.05, 0) is 27.2 Å². The topological polar surface area (TPSA) is 55.6 Å². The lowest BCUT2D eigenvalue weighted by molar-refractivity contribution is -0.181. The van der Waals surface area contributed by atoms with Crippen LogP contribution in [0.1, 0.15) is 27.2 Å². The number of nitrogens with two attached hydrogens (primary N) is 1. The Morgan fingerprint density at radius 3 is 2.24 bits per heavy atom. The summed E-state index contributed by atoms with van der Waals surface area (Å²) >= 11 is 0. The maximum atomic E-state index is 12.6. The van der Waals surface area contributed by atoms with Gasteiger partial charge < -0.3 is 15.4 Å². The summed E-state index contributed by atoms with van der Waals surface area (Å²) < 4.78 is 42.8. The number of carbonyl (C=O) groups excluding carboxylic acids is 1. The van der Waals surface area contributed by atoms with E-state index in [-0.39, 0.29) is 13.0 Å². The molecule has 0 aromatic heterocycles. The number of rotatable bonds is 0. The molecule has 1 aliphatic rings. The Morgan fingerprint density at radius 1 is 1.35 bits per heavy atom. The number of likely N-dealkylation sites (tertiary alicyclic amines) is 1. The third kappa shape index (κ3) is 3.24. The first-order chi connectivity index (χ1) is 7.45. The first-order valence-electron chi connectivity index (χ1n) is 5.28. The minimum absolute atomic E-state index is 0.0368. The van der Waals surface area contributed by atoms with Crippen molar-refractivity contribution >= 4 is 6.09 Å². The van der Waals surface area contributed by atoms with Crippen LogP contribution >= 0.6 is 0 Å². The van der Waals surface area contributed by atoms with Gasteiger partial charge in [0.1, 0.15) is 11.1 Å². The van der Waals surface area contributed by atoms with Gasteiger partial charge in [-0.15, -0.1) is 0 Å². The molecule has 1 aliphatic heterocycles. The molecule has 4 nitrogen and oxygen atoms in total. The second-order valence-corrected chi connectivity index (χ2v) is 5.31. The average molecular weight is 254 g/mol. The van der Waals surface area contributed by atoms with E-state index in [1.165, 1.54) is 0 Å². The summed E-state index contributed by atoms with van der Waals surface area (Å²) in [5.41, 5.74) is 2.21. The third-order valence-corrected chi connectivity index (χ3v) is 2.52. The standard InChI is InChI=1S/C10H17F3N2O2/c1-8(2,3)17-7(16)15-5-4-9(14,6-15)10(11,12)13/h4-6,14H2,1-3H3/t9-/m0/s1. The van der Waals surface area contributed by atoms with Crippen molar-refractivity contribution in [3.63, 3.8) is 0 Å². The number of hydrogen-bond acceptors (Lipinski definition) is 3. The highest BCUT2D eigenvalue weighted by Gasteiger charge is 2.56. The highest BCUT2D eigenvalue weighted by molar-refractivity contribution is 5.68. The molecule has 0 spiro atoms. The van der Waals surface area contributed by atoms with Crippen LogP contribution in [0.5, 0.6) is 0 Å². The first-order valence-corrected chi connectivity index (χ1v) is 5.28. The van der Waals surface area contributed by atoms with Gasteiger partial charge >= 0.3 is 12.3 Å². The van der Waals surface area contributed by atoms with Crippen molar-refractivity contribution in [1.82, 2.24) is 4.90 Å². The van der Waals surface area contributed by atoms with Crippen LogP contribution in [0.15, 0.2) is 0 Å². The minimum atomic E-state index is -4.51. The van der Waals surface area contributed by atoms with Crippen molar-refractivity contribution in [2.24, 2.45) is 5.73 Å². The lowest BCUT2D eigenvalue weighted by Gasteiger charge is -2.28. The molecule has 1 heterocycles. The summed E-state index contributed by atoms with van der Waals surface area (Å²) in [6, 6.07) is 0. The zero-order chi connectivity index (χ0) is 13.5. The number of alkyl halides is 3. The number of hydrogen-bond donors (Lipinski definition) is 1. The maximum Gasteiger partial charge on any atom is 0.410 e. The molecule has 100 valence electrons. The summed E-state index contributed by atoms with van der Waals surface area (Å²) in [7, 11) is 0. The van der Waals surface area contributed by atoms with Gasteiger partial charge in [-0.3, -0.25) is 0 Å². The fourth-order valence-corrected chi connectivity index (χ4v) is 1.55. The molecule has 0 aliphatic carbocycles. The Bertz CT molecular complexity index is 312. The number of amides is 1. The van der Waals surface area contributed by atoms with Gasteiger partial charge in [0, 0.05) is 6.54 Å². The molecule has 1 rings (SSSR count). The summed E-state index contributed by atoms with van der Waals surface area (Å²) in [6.07, 6.45) is -5.56. The Labute approximate surface area is 97.9 Å². The normalized spacial score (nSPS) is 26.2. The molecular formula is C10H17F3N2O2. The van der Waals surface area contributed by atoms with Gasteiger partial charge in [-0.25, -0.2) is 4.79 Å². The fourth-order valence-electron chi connectivity index (χ4n) is 1.55. The molecule has 0 radical (unpaired) electrons. The molecule has 0 aromatic rings. The lowest BCUT2D eigenvalue weighted by atomic mass is 10.00. The highest BCUT2D eigenvalue weighted by atomic mass is 19.4. The second-order valence-electron chi connectivity index (χ2n) is 5.31. The van der Waals surface area contributed by atoms with Crippen LogP contribution in [0.3, 0.4) is 0 Å². The van der Waals surface area contributed by atoms with Gasteiger partial charge in [0.05, 0.1) is 6.54 Å². The Hall–Kier alpha value is -0.980. The molecule has 0 unspecified atom stereocenters. The molecule has 1 saturated heterocycles. The minimum Gasteiger partial charge on any atom is -0.444 e. The Kier molecular flexibility index (Phi) is 3.35. The van der Waals surface area contributed by atoms with Crippen LogP contribution in [0.2, 0.25) is 0 Å². The third-order valence-electron chi connectivity index (χ3n) is 2.52. The number of ether oxygens (including phenoxy) is 1. The summed E-state index contributed by atoms with van der Waals surface area (Å²) in [6.45, 7) is 4.37. The molecule has 0 aromatic carbocycles. The van der Waals surface area contributed by atoms with E-state index < -0.39 is 30.0 Å². The molecule has 1 amide bonds. The van der Waals surface area contributed by atoms with Crippen LogP contribution in [0, 0.1) is 0 Å². The maximum absolute atomic E-state index is 12.6. The average Bonchev–Trinajstić information content (AvgIpc) is 2.44. The van der Waals surface area contributed by atoms with Crippen LogP contribution in [-0.2, 0) is 4.74 Å². The predicted octanol–water partition coefficient (Wildman–Crippen LogP) is 1.89. The van der Waals surface area contributed by atoms with Crippen molar-refractivity contribution in [2.75, 3.05) is 13.1 Å². The molecule has 2 N–H and O–H groups in total. The van der Waals surface area contributed by atoms with E-state index >= 15 is 0 Å². The largest absolute Gasteiger partial charge is 0.444 e. The van der Waals surface area contributed by atoms with Gasteiger partial charge in [0.25, 0.3) is 0 Å². The van der Waals surface area contributed by atoms with Crippen molar-refractivity contribution in [1.29, 1.82) is 0 Å². The zero-order valence-electron chi connectivity index (χ0n) is 10.1. The number of halogens is 3. The first kappa shape index (κ1) is 14.1. The Balaban J connectivity index is 2.65. The molecule has 0 bridgehead atoms. The van der Waals surface area contributed by atoms with E-state index in [0.717, 1.165) is 4.90 Å². The summed E-state index contributed by atoms with van der Waals surface area (Å²) in [5, 5.41) is 0. The van der Waals surface area contributed by atoms with E-state index in [2.05, 4.69) is 0 Å². The van der Waals surface area contributed by atoms with E-state index in [1.54, 1.807) is 20.8 Å². The second kappa shape index (κ2) is 4.04. The van der Waals surface area contributed by atoms with Crippen LogP contribution in [-0.4, -0.2) is 41.4 Å². The number of nitrogens with zero attached hydrogens (tertiary/aromatic N) is 1. The molecule has 17 heavy (non-hydrogen) atoms. The molecular weight excluding hydrogens is 237 g/mol. The monoisotopic (exact) mass is 254 g/mol. The SMILES string of the molecule is CC(C)(C)OC(=O)N1CC[C@@](N)(C(F)(F)F)C1. The van der Waals surface area contributed by atoms with E-state index in [1.807, 2.05) is 0 Å². The molecule has 1 atom stereocenters. The molecule has 1 fully saturated rings. The van der Waals surface area contributed by atoms with E-state index in [9.17, 15) is 18.0 Å². The quantitative estimate of drug-likeness (QED) is 0.718. The van der Waals surface area contributed by atoms with Crippen molar-refractivity contribution in [3.8, 4) is 0 Å². The Morgan fingerprint density at radius 2 is 1.88 bits per heavy atom. The van der Waals surface area contributed by atoms with Gasteiger partial charge in [0.2, 0.25) is 0 Å². The van der Waals surface area contributed by atoms with Crippen molar-refractivity contribution in [3.05, 3.63) is 0 Å². The van der Waals surface area contributed by atoms with Crippen LogP contribution < -0.4 is 5.73 Å². The van der Waals surface area contributed by atoms with Crippen molar-refractivity contribution < 1.29 is 22.7 Å². The smallest absolute Gasteiger partial charge is 0.410 e. The number of carbonyl (C=O) groups is 1. The lowest BCUT2D eigenvalue weighted by Crippen LogP contribution is -2.55. The molecule has 7 heteroatoms.